The summed E-state index contributed by atoms with van der Waals surface area (Å²) in [6.07, 6.45) is 0. The Morgan fingerprint density at radius 2 is 1.58 bits per heavy atom. The van der Waals surface area contributed by atoms with Crippen molar-refractivity contribution in [2.45, 2.75) is 19.9 Å². The fraction of sp³-hybridized carbons (Fsp3) is 0.273. The summed E-state index contributed by atoms with van der Waals surface area (Å²) in [4.78, 5) is 23.7. The SMILES string of the molecule is CC(C)N1C(=O)C(=O)N(c2cc(Cl)cc(Cl)c2)S1=O. The zero-order chi connectivity index (χ0) is 14.3. The maximum atomic E-state index is 12.2. The summed E-state index contributed by atoms with van der Waals surface area (Å²) in [7, 11) is 0. The Morgan fingerprint density at radius 1 is 1.05 bits per heavy atom. The van der Waals surface area contributed by atoms with Crippen molar-refractivity contribution in [2.75, 3.05) is 4.31 Å². The minimum Gasteiger partial charge on any atom is -0.262 e. The highest BCUT2D eigenvalue weighted by atomic mass is 35.5. The van der Waals surface area contributed by atoms with Gasteiger partial charge in [0, 0.05) is 16.1 Å². The van der Waals surface area contributed by atoms with Crippen LogP contribution in [0.25, 0.3) is 0 Å². The van der Waals surface area contributed by atoms with E-state index in [1.165, 1.54) is 18.2 Å². The van der Waals surface area contributed by atoms with Gasteiger partial charge in [0.1, 0.15) is 0 Å². The van der Waals surface area contributed by atoms with Crippen LogP contribution in [0.3, 0.4) is 0 Å². The van der Waals surface area contributed by atoms with Crippen molar-refractivity contribution in [1.82, 2.24) is 4.31 Å². The van der Waals surface area contributed by atoms with Crippen molar-refractivity contribution < 1.29 is 13.8 Å². The Morgan fingerprint density at radius 3 is 2.00 bits per heavy atom. The molecule has 2 amide bonds. The van der Waals surface area contributed by atoms with Crippen LogP contribution in [0.5, 0.6) is 0 Å². The fourth-order valence-corrected chi connectivity index (χ4v) is 3.47. The van der Waals surface area contributed by atoms with Gasteiger partial charge < -0.3 is 0 Å². The standard InChI is InChI=1S/C11H10Cl2N2O3S/c1-6(2)14-10(16)11(17)15(19(14)18)9-4-7(12)3-8(13)5-9/h3-6H,1-2H3. The molecule has 1 aliphatic rings. The molecule has 8 heteroatoms. The van der Waals surface area contributed by atoms with E-state index in [9.17, 15) is 13.8 Å². The minimum absolute atomic E-state index is 0.234. The molecule has 5 nitrogen and oxygen atoms in total. The van der Waals surface area contributed by atoms with Crippen molar-refractivity contribution >= 4 is 51.9 Å². The van der Waals surface area contributed by atoms with Gasteiger partial charge >= 0.3 is 11.8 Å². The van der Waals surface area contributed by atoms with E-state index in [0.29, 0.717) is 10.0 Å². The van der Waals surface area contributed by atoms with Crippen LogP contribution < -0.4 is 4.31 Å². The Kier molecular flexibility index (Phi) is 3.85. The molecule has 0 saturated carbocycles. The van der Waals surface area contributed by atoms with E-state index in [1.807, 2.05) is 0 Å². The van der Waals surface area contributed by atoms with Crippen LogP contribution in [-0.4, -0.2) is 26.4 Å². The van der Waals surface area contributed by atoms with Gasteiger partial charge in [-0.15, -0.1) is 0 Å². The van der Waals surface area contributed by atoms with Crippen LogP contribution >= 0.6 is 23.2 Å². The molecule has 0 aliphatic carbocycles. The van der Waals surface area contributed by atoms with E-state index in [-0.39, 0.29) is 11.7 Å². The quantitative estimate of drug-likeness (QED) is 0.784. The molecule has 0 N–H and O–H groups in total. The highest BCUT2D eigenvalue weighted by Crippen LogP contribution is 2.30. The van der Waals surface area contributed by atoms with Crippen LogP contribution in [0.1, 0.15) is 13.8 Å². The number of benzene rings is 1. The molecule has 19 heavy (non-hydrogen) atoms. The van der Waals surface area contributed by atoms with Crippen LogP contribution in [0.15, 0.2) is 18.2 Å². The molecule has 1 aromatic rings. The molecule has 1 heterocycles. The molecule has 0 radical (unpaired) electrons. The monoisotopic (exact) mass is 320 g/mol. The van der Waals surface area contributed by atoms with E-state index < -0.39 is 23.0 Å². The summed E-state index contributed by atoms with van der Waals surface area (Å²) < 4.78 is 14.1. The highest BCUT2D eigenvalue weighted by Gasteiger charge is 2.45. The van der Waals surface area contributed by atoms with Gasteiger partial charge in [-0.3, -0.25) is 9.59 Å². The van der Waals surface area contributed by atoms with Crippen LogP contribution in [0.2, 0.25) is 10.0 Å². The van der Waals surface area contributed by atoms with E-state index in [4.69, 9.17) is 23.2 Å². The number of carbonyl (C=O) groups excluding carboxylic acids is 2. The van der Waals surface area contributed by atoms with Gasteiger partial charge in [0.25, 0.3) is 0 Å². The third kappa shape index (κ3) is 2.48. The molecule has 0 spiro atoms. The normalized spacial score (nSPS) is 19.7. The van der Waals surface area contributed by atoms with Crippen molar-refractivity contribution in [3.63, 3.8) is 0 Å². The average Bonchev–Trinajstić information content (AvgIpc) is 2.48. The lowest BCUT2D eigenvalue weighted by molar-refractivity contribution is -0.139. The lowest BCUT2D eigenvalue weighted by atomic mass is 10.3. The molecule has 1 atom stereocenters. The predicted molar refractivity (Wildman–Crippen MR) is 74.1 cm³/mol. The van der Waals surface area contributed by atoms with Crippen molar-refractivity contribution in [3.05, 3.63) is 28.2 Å². The number of hydrogen-bond acceptors (Lipinski definition) is 3. The summed E-state index contributed by atoms with van der Waals surface area (Å²) in [5.41, 5.74) is 0.234. The highest BCUT2D eigenvalue weighted by molar-refractivity contribution is 7.86. The first-order chi connectivity index (χ1) is 8.82. The van der Waals surface area contributed by atoms with E-state index in [0.717, 1.165) is 8.61 Å². The lowest BCUT2D eigenvalue weighted by Gasteiger charge is -2.19. The minimum atomic E-state index is -1.91. The van der Waals surface area contributed by atoms with Crippen molar-refractivity contribution in [1.29, 1.82) is 0 Å². The Bertz CT molecular complexity index is 571. The summed E-state index contributed by atoms with van der Waals surface area (Å²) in [5.74, 6) is -1.66. The summed E-state index contributed by atoms with van der Waals surface area (Å²) in [6.45, 7) is 3.36. The molecule has 1 aliphatic heterocycles. The van der Waals surface area contributed by atoms with Gasteiger partial charge in [-0.2, -0.15) is 0 Å². The van der Waals surface area contributed by atoms with Gasteiger partial charge in [0.05, 0.1) is 5.69 Å². The molecular weight excluding hydrogens is 311 g/mol. The third-order valence-corrected chi connectivity index (χ3v) is 4.49. The summed E-state index contributed by atoms with van der Waals surface area (Å²) >= 11 is 9.77. The molecular formula is C11H10Cl2N2O3S. The smallest absolute Gasteiger partial charge is 0.262 e. The zero-order valence-electron chi connectivity index (χ0n) is 10.1. The zero-order valence-corrected chi connectivity index (χ0v) is 12.4. The van der Waals surface area contributed by atoms with Gasteiger partial charge in [-0.25, -0.2) is 12.8 Å². The van der Waals surface area contributed by atoms with Gasteiger partial charge in [-0.05, 0) is 32.0 Å². The second-order valence-electron chi connectivity index (χ2n) is 4.18. The third-order valence-electron chi connectivity index (χ3n) is 2.44. The first-order valence-corrected chi connectivity index (χ1v) is 7.20. The molecule has 0 aromatic heterocycles. The van der Waals surface area contributed by atoms with Gasteiger partial charge in [0.2, 0.25) is 11.2 Å². The molecule has 1 fully saturated rings. The van der Waals surface area contributed by atoms with E-state index >= 15 is 0 Å². The average molecular weight is 321 g/mol. The molecule has 0 bridgehead atoms. The summed E-state index contributed by atoms with van der Waals surface area (Å²) in [6, 6.07) is 4.00. The van der Waals surface area contributed by atoms with Crippen LogP contribution in [0.4, 0.5) is 5.69 Å². The molecule has 2 rings (SSSR count). The van der Waals surface area contributed by atoms with Crippen LogP contribution in [-0.2, 0) is 20.8 Å². The Balaban J connectivity index is 2.48. The largest absolute Gasteiger partial charge is 0.330 e. The lowest BCUT2D eigenvalue weighted by Crippen LogP contribution is -2.34. The molecule has 102 valence electrons. The molecule has 1 unspecified atom stereocenters. The number of anilines is 1. The number of hydrogen-bond donors (Lipinski definition) is 0. The Labute approximate surface area is 122 Å². The number of halogens is 2. The Hall–Kier alpha value is -1.11. The maximum absolute atomic E-state index is 12.2. The van der Waals surface area contributed by atoms with E-state index in [2.05, 4.69) is 0 Å². The topological polar surface area (TPSA) is 57.7 Å². The first kappa shape index (κ1) is 14.3. The molecule has 1 saturated heterocycles. The van der Waals surface area contributed by atoms with Crippen LogP contribution in [0, 0.1) is 0 Å². The summed E-state index contributed by atoms with van der Waals surface area (Å²) in [5, 5.41) is 0.588. The number of nitrogens with zero attached hydrogens (tertiary/aromatic N) is 2. The number of amides is 2. The predicted octanol–water partition coefficient (Wildman–Crippen LogP) is 2.16. The maximum Gasteiger partial charge on any atom is 0.330 e. The first-order valence-electron chi connectivity index (χ1n) is 5.38. The fourth-order valence-electron chi connectivity index (χ4n) is 1.69. The molecule has 1 aromatic carbocycles. The van der Waals surface area contributed by atoms with Gasteiger partial charge in [-0.1, -0.05) is 23.2 Å². The number of carbonyl (C=O) groups is 2. The van der Waals surface area contributed by atoms with Crippen molar-refractivity contribution in [3.8, 4) is 0 Å². The van der Waals surface area contributed by atoms with E-state index in [1.54, 1.807) is 13.8 Å². The second-order valence-corrected chi connectivity index (χ2v) is 6.28. The number of rotatable bonds is 2. The van der Waals surface area contributed by atoms with Crippen molar-refractivity contribution in [2.24, 2.45) is 0 Å². The second kappa shape index (κ2) is 5.11. The van der Waals surface area contributed by atoms with Gasteiger partial charge in [0.15, 0.2) is 0 Å².